The second kappa shape index (κ2) is 8.41. The smallest absolute Gasteiger partial charge is 0.303 e. The maximum absolute atomic E-state index is 12.4. The molecule has 2 rings (SSSR count). The van der Waals surface area contributed by atoms with Gasteiger partial charge in [-0.25, -0.2) is 0 Å². The van der Waals surface area contributed by atoms with E-state index in [-0.39, 0.29) is 12.0 Å². The van der Waals surface area contributed by atoms with Crippen molar-refractivity contribution in [2.24, 2.45) is 0 Å². The largest absolute Gasteiger partial charge is 0.491 e. The summed E-state index contributed by atoms with van der Waals surface area (Å²) in [6.45, 7) is 3.86. The van der Waals surface area contributed by atoms with Crippen LogP contribution in [0.5, 0.6) is 5.75 Å². The first-order valence-electron chi connectivity index (χ1n) is 8.46. The first-order valence-corrected chi connectivity index (χ1v) is 9.85. The van der Waals surface area contributed by atoms with Crippen LogP contribution < -0.4 is 14.4 Å². The number of amides is 1. The lowest BCUT2D eigenvalue weighted by molar-refractivity contribution is 0.102. The van der Waals surface area contributed by atoms with Crippen LogP contribution in [0.25, 0.3) is 0 Å². The number of anilines is 2. The lowest BCUT2D eigenvalue weighted by atomic mass is 10.2. The van der Waals surface area contributed by atoms with Crippen LogP contribution in [0.2, 0.25) is 0 Å². The lowest BCUT2D eigenvalue weighted by Gasteiger charge is -2.23. The third kappa shape index (κ3) is 5.21. The molecule has 2 aromatic rings. The molecule has 0 aliphatic carbocycles. The van der Waals surface area contributed by atoms with Crippen molar-refractivity contribution in [3.63, 3.8) is 0 Å². The second-order valence-electron chi connectivity index (χ2n) is 6.45. The van der Waals surface area contributed by atoms with Gasteiger partial charge in [0.25, 0.3) is 5.91 Å². The Bertz CT molecular complexity index is 893. The lowest BCUT2D eigenvalue weighted by Crippen LogP contribution is -2.37. The van der Waals surface area contributed by atoms with Crippen LogP contribution in [0.3, 0.4) is 0 Å². The molecule has 0 spiro atoms. The van der Waals surface area contributed by atoms with E-state index in [4.69, 9.17) is 4.74 Å². The fourth-order valence-corrected chi connectivity index (χ4v) is 3.20. The van der Waals surface area contributed by atoms with Gasteiger partial charge in [-0.05, 0) is 50.2 Å². The molecule has 2 aromatic carbocycles. The predicted octanol–water partition coefficient (Wildman–Crippen LogP) is 2.97. The SMILES string of the molecule is CC(C)Oc1cccc(NC(=O)c2ccc(N(C)S(=O)(=O)N(C)C)cc2)c1. The molecule has 0 heterocycles. The van der Waals surface area contributed by atoms with Crippen molar-refractivity contribution in [1.82, 2.24) is 4.31 Å². The van der Waals surface area contributed by atoms with Gasteiger partial charge >= 0.3 is 10.2 Å². The van der Waals surface area contributed by atoms with E-state index >= 15 is 0 Å². The third-order valence-corrected chi connectivity index (χ3v) is 5.59. The van der Waals surface area contributed by atoms with E-state index in [1.165, 1.54) is 21.1 Å². The maximum Gasteiger partial charge on any atom is 0.303 e. The monoisotopic (exact) mass is 391 g/mol. The van der Waals surface area contributed by atoms with Gasteiger partial charge in [0, 0.05) is 38.5 Å². The Morgan fingerprint density at radius 2 is 1.67 bits per heavy atom. The van der Waals surface area contributed by atoms with Gasteiger partial charge in [-0.1, -0.05) is 6.07 Å². The molecule has 1 amide bonds. The highest BCUT2D eigenvalue weighted by Gasteiger charge is 2.21. The molecule has 0 radical (unpaired) electrons. The van der Waals surface area contributed by atoms with Gasteiger partial charge in [0.2, 0.25) is 0 Å². The summed E-state index contributed by atoms with van der Waals surface area (Å²) in [5.41, 5.74) is 1.51. The molecule has 0 fully saturated rings. The Morgan fingerprint density at radius 3 is 2.22 bits per heavy atom. The number of nitrogens with one attached hydrogen (secondary N) is 1. The number of carbonyl (C=O) groups is 1. The van der Waals surface area contributed by atoms with Crippen molar-refractivity contribution in [2.75, 3.05) is 30.8 Å². The topological polar surface area (TPSA) is 79.0 Å². The molecule has 0 aliphatic heterocycles. The highest BCUT2D eigenvalue weighted by molar-refractivity contribution is 7.90. The number of hydrogen-bond acceptors (Lipinski definition) is 4. The van der Waals surface area contributed by atoms with Gasteiger partial charge < -0.3 is 10.1 Å². The molecule has 8 heteroatoms. The van der Waals surface area contributed by atoms with Gasteiger partial charge in [0.05, 0.1) is 11.8 Å². The van der Waals surface area contributed by atoms with Crippen LogP contribution in [0.4, 0.5) is 11.4 Å². The standard InChI is InChI=1S/C19H25N3O4S/c1-14(2)26-18-8-6-7-16(13-18)20-19(23)15-9-11-17(12-10-15)22(5)27(24,25)21(3)4/h6-14H,1-5H3,(H,20,23). The normalized spacial score (nSPS) is 11.5. The summed E-state index contributed by atoms with van der Waals surface area (Å²) >= 11 is 0. The molecule has 0 aliphatic rings. The first kappa shape index (κ1) is 20.7. The Morgan fingerprint density at radius 1 is 1.04 bits per heavy atom. The van der Waals surface area contributed by atoms with Crippen molar-refractivity contribution >= 4 is 27.5 Å². The zero-order valence-electron chi connectivity index (χ0n) is 16.1. The molecule has 1 N–H and O–H groups in total. The first-order chi connectivity index (χ1) is 12.6. The molecule has 0 saturated carbocycles. The van der Waals surface area contributed by atoms with Crippen molar-refractivity contribution in [3.8, 4) is 5.75 Å². The molecular formula is C19H25N3O4S. The summed E-state index contributed by atoms with van der Waals surface area (Å²) in [6, 6.07) is 13.5. The third-order valence-electron chi connectivity index (χ3n) is 3.76. The van der Waals surface area contributed by atoms with E-state index in [0.717, 1.165) is 8.61 Å². The Kier molecular flexibility index (Phi) is 6.45. The summed E-state index contributed by atoms with van der Waals surface area (Å²) in [5, 5.41) is 2.81. The molecule has 0 atom stereocenters. The van der Waals surface area contributed by atoms with Crippen LogP contribution in [0, 0.1) is 0 Å². The number of carbonyl (C=O) groups excluding carboxylic acids is 1. The van der Waals surface area contributed by atoms with E-state index in [0.29, 0.717) is 22.7 Å². The fourth-order valence-electron chi connectivity index (χ4n) is 2.32. The number of ether oxygens (including phenoxy) is 1. The number of benzene rings is 2. The summed E-state index contributed by atoms with van der Waals surface area (Å²) in [7, 11) is 0.815. The zero-order chi connectivity index (χ0) is 20.2. The van der Waals surface area contributed by atoms with E-state index in [9.17, 15) is 13.2 Å². The minimum Gasteiger partial charge on any atom is -0.491 e. The van der Waals surface area contributed by atoms with Gasteiger partial charge in [-0.2, -0.15) is 12.7 Å². The molecule has 0 aromatic heterocycles. The summed E-state index contributed by atoms with van der Waals surface area (Å²) in [5.74, 6) is 0.384. The number of nitrogens with zero attached hydrogens (tertiary/aromatic N) is 2. The Hall–Kier alpha value is -2.58. The molecular weight excluding hydrogens is 366 g/mol. The maximum atomic E-state index is 12.4. The van der Waals surface area contributed by atoms with Crippen molar-refractivity contribution in [2.45, 2.75) is 20.0 Å². The predicted molar refractivity (Wildman–Crippen MR) is 108 cm³/mol. The van der Waals surface area contributed by atoms with Gasteiger partial charge in [-0.15, -0.1) is 0 Å². The molecule has 27 heavy (non-hydrogen) atoms. The summed E-state index contributed by atoms with van der Waals surface area (Å²) in [4.78, 5) is 12.4. The van der Waals surface area contributed by atoms with Crippen LogP contribution in [0.1, 0.15) is 24.2 Å². The molecule has 7 nitrogen and oxygen atoms in total. The van der Waals surface area contributed by atoms with Crippen LogP contribution in [-0.4, -0.2) is 45.9 Å². The Labute approximate surface area is 160 Å². The molecule has 0 unspecified atom stereocenters. The molecule has 146 valence electrons. The Balaban J connectivity index is 2.12. The fraction of sp³-hybridized carbons (Fsp3) is 0.316. The second-order valence-corrected chi connectivity index (χ2v) is 8.63. The molecule has 0 saturated heterocycles. The van der Waals surface area contributed by atoms with E-state index in [2.05, 4.69) is 5.32 Å². The van der Waals surface area contributed by atoms with Crippen LogP contribution >= 0.6 is 0 Å². The average Bonchev–Trinajstić information content (AvgIpc) is 2.60. The summed E-state index contributed by atoms with van der Waals surface area (Å²) < 4.78 is 32.2. The minimum absolute atomic E-state index is 0.0407. The zero-order valence-corrected chi connectivity index (χ0v) is 16.9. The summed E-state index contributed by atoms with van der Waals surface area (Å²) in [6.07, 6.45) is 0.0407. The van der Waals surface area contributed by atoms with Crippen LogP contribution in [-0.2, 0) is 10.2 Å². The van der Waals surface area contributed by atoms with Gasteiger partial charge in [-0.3, -0.25) is 9.10 Å². The highest BCUT2D eigenvalue weighted by atomic mass is 32.2. The van der Waals surface area contributed by atoms with Crippen molar-refractivity contribution in [3.05, 3.63) is 54.1 Å². The average molecular weight is 391 g/mol. The highest BCUT2D eigenvalue weighted by Crippen LogP contribution is 2.21. The van der Waals surface area contributed by atoms with Gasteiger partial charge in [0.1, 0.15) is 5.75 Å². The number of hydrogen-bond donors (Lipinski definition) is 1. The van der Waals surface area contributed by atoms with E-state index in [1.807, 2.05) is 19.9 Å². The minimum atomic E-state index is -3.57. The van der Waals surface area contributed by atoms with Crippen molar-refractivity contribution < 1.29 is 17.9 Å². The quantitative estimate of drug-likeness (QED) is 0.787. The van der Waals surface area contributed by atoms with E-state index in [1.54, 1.807) is 42.5 Å². The van der Waals surface area contributed by atoms with Crippen LogP contribution in [0.15, 0.2) is 48.5 Å². The molecule has 0 bridgehead atoms. The van der Waals surface area contributed by atoms with E-state index < -0.39 is 10.2 Å². The van der Waals surface area contributed by atoms with Crippen molar-refractivity contribution in [1.29, 1.82) is 0 Å². The van der Waals surface area contributed by atoms with Gasteiger partial charge in [0.15, 0.2) is 0 Å². The number of rotatable bonds is 7.